The van der Waals surface area contributed by atoms with E-state index in [0.29, 0.717) is 12.8 Å². The fourth-order valence-corrected chi connectivity index (χ4v) is 3.08. The lowest BCUT2D eigenvalue weighted by molar-refractivity contribution is 0.234. The molecule has 1 heterocycles. The molecule has 7 heteroatoms. The van der Waals surface area contributed by atoms with E-state index in [2.05, 4.69) is 4.72 Å². The van der Waals surface area contributed by atoms with Gasteiger partial charge >= 0.3 is 0 Å². The Bertz CT molecular complexity index is 522. The lowest BCUT2D eigenvalue weighted by Gasteiger charge is -2.19. The summed E-state index contributed by atoms with van der Waals surface area (Å²) in [5, 5.41) is 8.72. The minimum absolute atomic E-state index is 0.0269. The van der Waals surface area contributed by atoms with Crippen molar-refractivity contribution in [3.63, 3.8) is 0 Å². The Hall–Kier alpha value is -1.15. The summed E-state index contributed by atoms with van der Waals surface area (Å²) >= 11 is 0. The molecule has 0 radical (unpaired) electrons. The topological polar surface area (TPSA) is 78.9 Å². The zero-order valence-corrected chi connectivity index (χ0v) is 12.3. The Labute approximate surface area is 119 Å². The maximum Gasteiger partial charge on any atom is 0.279 e. The number of aliphatic hydroxyl groups is 1. The number of aliphatic hydroxyl groups excluding tert-OH is 1. The summed E-state index contributed by atoms with van der Waals surface area (Å²) in [5.41, 5.74) is 1.10. The van der Waals surface area contributed by atoms with Crippen LogP contribution in [0.1, 0.15) is 12.0 Å². The summed E-state index contributed by atoms with van der Waals surface area (Å²) in [7, 11) is -2.03. The van der Waals surface area contributed by atoms with Gasteiger partial charge in [-0.2, -0.15) is 17.4 Å². The summed E-state index contributed by atoms with van der Waals surface area (Å²) in [6.07, 6.45) is 0.954. The first-order valence-corrected chi connectivity index (χ1v) is 8.03. The number of ether oxygens (including phenoxy) is 1. The van der Waals surface area contributed by atoms with Gasteiger partial charge < -0.3 is 9.84 Å². The molecule has 1 aromatic rings. The number of benzene rings is 1. The third-order valence-corrected chi connectivity index (χ3v) is 4.78. The van der Waals surface area contributed by atoms with E-state index in [1.54, 1.807) is 0 Å². The smallest absolute Gasteiger partial charge is 0.279 e. The fraction of sp³-hybridized carbons (Fsp3) is 0.538. The number of nitrogens with zero attached hydrogens (tertiary/aromatic N) is 1. The van der Waals surface area contributed by atoms with Crippen molar-refractivity contribution in [3.8, 4) is 5.75 Å². The van der Waals surface area contributed by atoms with Gasteiger partial charge in [0.1, 0.15) is 11.9 Å². The zero-order chi connectivity index (χ0) is 14.6. The van der Waals surface area contributed by atoms with Crippen LogP contribution < -0.4 is 9.46 Å². The quantitative estimate of drug-likeness (QED) is 0.751. The maximum absolute atomic E-state index is 11.9. The second kappa shape index (κ2) is 6.53. The number of nitrogens with one attached hydrogen (secondary N) is 1. The summed E-state index contributed by atoms with van der Waals surface area (Å²) in [4.78, 5) is 0. The number of rotatable bonds is 7. The Morgan fingerprint density at radius 3 is 2.90 bits per heavy atom. The van der Waals surface area contributed by atoms with E-state index >= 15 is 0 Å². The molecule has 1 aliphatic heterocycles. The second-order valence-electron chi connectivity index (χ2n) is 4.80. The average molecular weight is 300 g/mol. The molecular weight excluding hydrogens is 280 g/mol. The van der Waals surface area contributed by atoms with Gasteiger partial charge in [0.25, 0.3) is 10.2 Å². The van der Waals surface area contributed by atoms with Crippen LogP contribution in [0.3, 0.4) is 0 Å². The normalized spacial score (nSPS) is 18.1. The van der Waals surface area contributed by atoms with Gasteiger partial charge in [0, 0.05) is 33.2 Å². The third kappa shape index (κ3) is 3.69. The van der Waals surface area contributed by atoms with Crippen molar-refractivity contribution in [2.45, 2.75) is 18.9 Å². The molecule has 1 aromatic carbocycles. The molecule has 0 aromatic heterocycles. The first-order chi connectivity index (χ1) is 9.53. The summed E-state index contributed by atoms with van der Waals surface area (Å²) in [6.45, 7) is 0.499. The van der Waals surface area contributed by atoms with Gasteiger partial charge in [0.2, 0.25) is 0 Å². The van der Waals surface area contributed by atoms with Crippen LogP contribution in [-0.2, 0) is 16.6 Å². The van der Waals surface area contributed by atoms with E-state index in [1.807, 2.05) is 24.3 Å². The Morgan fingerprint density at radius 1 is 1.45 bits per heavy atom. The molecule has 0 bridgehead atoms. The Kier molecular flexibility index (Phi) is 4.98. The number of hydrogen-bond acceptors (Lipinski definition) is 4. The predicted octanol–water partition coefficient (Wildman–Crippen LogP) is 0.139. The summed E-state index contributed by atoms with van der Waals surface area (Å²) in [5.74, 6) is 0.824. The van der Waals surface area contributed by atoms with Crippen molar-refractivity contribution < 1.29 is 18.3 Å². The molecule has 2 rings (SSSR count). The minimum Gasteiger partial charge on any atom is -0.488 e. The number of fused-ring (bicyclic) bond motifs is 1. The molecule has 1 unspecified atom stereocenters. The number of hydrogen-bond donors (Lipinski definition) is 2. The molecule has 20 heavy (non-hydrogen) atoms. The molecule has 1 aliphatic rings. The van der Waals surface area contributed by atoms with Crippen LogP contribution in [0.25, 0.3) is 0 Å². The lowest BCUT2D eigenvalue weighted by atomic mass is 10.1. The molecule has 0 saturated carbocycles. The molecule has 0 amide bonds. The molecule has 1 atom stereocenters. The highest BCUT2D eigenvalue weighted by Gasteiger charge is 2.25. The average Bonchev–Trinajstić information content (AvgIpc) is 2.85. The van der Waals surface area contributed by atoms with Gasteiger partial charge in [-0.25, -0.2) is 0 Å². The predicted molar refractivity (Wildman–Crippen MR) is 75.8 cm³/mol. The highest BCUT2D eigenvalue weighted by Crippen LogP contribution is 2.27. The van der Waals surface area contributed by atoms with Gasteiger partial charge in [-0.15, -0.1) is 0 Å². The van der Waals surface area contributed by atoms with Crippen molar-refractivity contribution in [2.75, 3.05) is 26.7 Å². The molecule has 112 valence electrons. The Morgan fingerprint density at radius 2 is 2.20 bits per heavy atom. The second-order valence-corrected chi connectivity index (χ2v) is 6.67. The van der Waals surface area contributed by atoms with E-state index in [1.165, 1.54) is 11.4 Å². The first kappa shape index (κ1) is 15.2. The summed E-state index contributed by atoms with van der Waals surface area (Å²) < 4.78 is 33.3. The SMILES string of the molecule is CN(CCCO)S(=O)(=O)NCC1Cc2ccccc2O1. The van der Waals surface area contributed by atoms with Crippen molar-refractivity contribution in [2.24, 2.45) is 0 Å². The van der Waals surface area contributed by atoms with Crippen LogP contribution in [0.2, 0.25) is 0 Å². The molecule has 0 fully saturated rings. The lowest BCUT2D eigenvalue weighted by Crippen LogP contribution is -2.43. The molecule has 0 saturated heterocycles. The van der Waals surface area contributed by atoms with Crippen LogP contribution >= 0.6 is 0 Å². The maximum atomic E-state index is 11.9. The van der Waals surface area contributed by atoms with E-state index < -0.39 is 10.2 Å². The molecule has 6 nitrogen and oxygen atoms in total. The van der Waals surface area contributed by atoms with E-state index in [4.69, 9.17) is 9.84 Å². The number of para-hydroxylation sites is 1. The van der Waals surface area contributed by atoms with Crippen LogP contribution in [0, 0.1) is 0 Å². The van der Waals surface area contributed by atoms with Crippen molar-refractivity contribution in [1.29, 1.82) is 0 Å². The Balaban J connectivity index is 1.84. The molecule has 0 spiro atoms. The van der Waals surface area contributed by atoms with Gasteiger partial charge in [-0.05, 0) is 18.1 Å². The van der Waals surface area contributed by atoms with Crippen molar-refractivity contribution in [3.05, 3.63) is 29.8 Å². The van der Waals surface area contributed by atoms with Gasteiger partial charge in [-0.1, -0.05) is 18.2 Å². The highest BCUT2D eigenvalue weighted by atomic mass is 32.2. The zero-order valence-electron chi connectivity index (χ0n) is 11.4. The van der Waals surface area contributed by atoms with Crippen molar-refractivity contribution in [1.82, 2.24) is 9.03 Å². The van der Waals surface area contributed by atoms with Crippen LogP contribution in [0.4, 0.5) is 0 Å². The molecular formula is C13H20N2O4S. The third-order valence-electron chi connectivity index (χ3n) is 3.25. The monoisotopic (exact) mass is 300 g/mol. The van der Waals surface area contributed by atoms with Crippen LogP contribution in [0.5, 0.6) is 5.75 Å². The minimum atomic E-state index is -3.52. The van der Waals surface area contributed by atoms with E-state index in [-0.39, 0.29) is 25.8 Å². The standard InChI is InChI=1S/C13H20N2O4S/c1-15(7-4-8-16)20(17,18)14-10-12-9-11-5-2-3-6-13(11)19-12/h2-3,5-6,12,14,16H,4,7-10H2,1H3. The van der Waals surface area contributed by atoms with Gasteiger partial charge in [0.05, 0.1) is 0 Å². The highest BCUT2D eigenvalue weighted by molar-refractivity contribution is 7.87. The molecule has 2 N–H and O–H groups in total. The van der Waals surface area contributed by atoms with Gasteiger partial charge in [0.15, 0.2) is 0 Å². The van der Waals surface area contributed by atoms with Crippen LogP contribution in [0.15, 0.2) is 24.3 Å². The van der Waals surface area contributed by atoms with E-state index in [0.717, 1.165) is 11.3 Å². The van der Waals surface area contributed by atoms with Gasteiger partial charge in [-0.3, -0.25) is 0 Å². The van der Waals surface area contributed by atoms with Crippen molar-refractivity contribution >= 4 is 10.2 Å². The van der Waals surface area contributed by atoms with Crippen LogP contribution in [-0.4, -0.2) is 50.7 Å². The fourth-order valence-electron chi connectivity index (χ4n) is 2.09. The summed E-state index contributed by atoms with van der Waals surface area (Å²) in [6, 6.07) is 7.71. The largest absolute Gasteiger partial charge is 0.488 e. The first-order valence-electron chi connectivity index (χ1n) is 6.59. The van der Waals surface area contributed by atoms with E-state index in [9.17, 15) is 8.42 Å². The molecule has 0 aliphatic carbocycles.